The molecule has 0 spiro atoms. The quantitative estimate of drug-likeness (QED) is 0.753. The van der Waals surface area contributed by atoms with E-state index < -0.39 is 0 Å². The lowest BCUT2D eigenvalue weighted by Crippen LogP contribution is -2.00. The van der Waals surface area contributed by atoms with Crippen molar-refractivity contribution >= 4 is 27.5 Å². The summed E-state index contributed by atoms with van der Waals surface area (Å²) in [6, 6.07) is 6.02. The lowest BCUT2D eigenvalue weighted by Gasteiger charge is -2.06. The Morgan fingerprint density at radius 1 is 1.47 bits per heavy atom. The van der Waals surface area contributed by atoms with Crippen LogP contribution in [0.2, 0.25) is 0 Å². The Morgan fingerprint density at radius 3 is 2.89 bits per heavy atom. The zero-order valence-electron chi connectivity index (χ0n) is 10.9. The molecule has 2 aromatic rings. The minimum atomic E-state index is 0.0383. The average molecular weight is 344 g/mol. The number of alkyl halides is 1. The number of rotatable bonds is 5. The maximum atomic E-state index is 6.19. The summed E-state index contributed by atoms with van der Waals surface area (Å²) in [4.78, 5) is 0. The van der Waals surface area contributed by atoms with Gasteiger partial charge in [0.1, 0.15) is 5.75 Å². The molecule has 0 N–H and O–H groups in total. The highest BCUT2D eigenvalue weighted by molar-refractivity contribution is 9.10. The molecule has 0 aliphatic rings. The number of hydrogen-bond donors (Lipinski definition) is 0. The molecule has 5 heteroatoms. The maximum absolute atomic E-state index is 6.19. The highest BCUT2D eigenvalue weighted by Crippen LogP contribution is 2.26. The normalized spacial score (nSPS) is 12.4. The van der Waals surface area contributed by atoms with Gasteiger partial charge in [-0.2, -0.15) is 5.10 Å². The van der Waals surface area contributed by atoms with E-state index >= 15 is 0 Å². The van der Waals surface area contributed by atoms with Crippen molar-refractivity contribution < 1.29 is 4.74 Å². The van der Waals surface area contributed by atoms with Crippen LogP contribution in [-0.4, -0.2) is 16.9 Å². The Labute approximate surface area is 126 Å². The summed E-state index contributed by atoms with van der Waals surface area (Å²) in [6.45, 7) is 2.78. The summed E-state index contributed by atoms with van der Waals surface area (Å²) in [5.41, 5.74) is 2.22. The fraction of sp³-hybridized carbons (Fsp3) is 0.357. The molecule has 0 aliphatic carbocycles. The zero-order valence-corrected chi connectivity index (χ0v) is 13.3. The number of hydrogen-bond acceptors (Lipinski definition) is 2. The van der Waals surface area contributed by atoms with Crippen LogP contribution in [0.3, 0.4) is 0 Å². The summed E-state index contributed by atoms with van der Waals surface area (Å²) in [6.07, 6.45) is 4.74. The molecular formula is C14H16BrClN2O. The summed E-state index contributed by atoms with van der Waals surface area (Å²) in [5, 5.41) is 4.38. The van der Waals surface area contributed by atoms with Crippen molar-refractivity contribution in [3.63, 3.8) is 0 Å². The van der Waals surface area contributed by atoms with Crippen LogP contribution in [0, 0.1) is 0 Å². The second-order valence-electron chi connectivity index (χ2n) is 4.32. The van der Waals surface area contributed by atoms with Gasteiger partial charge in [0.2, 0.25) is 0 Å². The minimum absolute atomic E-state index is 0.0383. The van der Waals surface area contributed by atoms with Gasteiger partial charge in [0.05, 0.1) is 29.7 Å². The predicted octanol–water partition coefficient (Wildman–Crippen LogP) is 4.39. The van der Waals surface area contributed by atoms with Gasteiger partial charge in [0.25, 0.3) is 0 Å². The van der Waals surface area contributed by atoms with Crippen molar-refractivity contribution in [2.75, 3.05) is 7.11 Å². The zero-order chi connectivity index (χ0) is 13.8. The maximum Gasteiger partial charge on any atom is 0.133 e. The van der Waals surface area contributed by atoms with Crippen molar-refractivity contribution in [3.8, 4) is 5.75 Å². The van der Waals surface area contributed by atoms with Crippen LogP contribution in [0.1, 0.15) is 29.8 Å². The molecule has 0 saturated carbocycles. The first-order valence-corrected chi connectivity index (χ1v) is 7.35. The number of aromatic nitrogens is 2. The molecular weight excluding hydrogens is 328 g/mol. The van der Waals surface area contributed by atoms with Crippen LogP contribution >= 0.6 is 27.5 Å². The predicted molar refractivity (Wildman–Crippen MR) is 80.9 cm³/mol. The van der Waals surface area contributed by atoms with E-state index in [0.29, 0.717) is 0 Å². The van der Waals surface area contributed by atoms with Gasteiger partial charge in [0.15, 0.2) is 0 Å². The highest BCUT2D eigenvalue weighted by atomic mass is 79.9. The molecule has 0 fully saturated rings. The van der Waals surface area contributed by atoms with E-state index in [1.807, 2.05) is 35.3 Å². The first kappa shape index (κ1) is 14.4. The van der Waals surface area contributed by atoms with E-state index in [0.717, 1.165) is 34.3 Å². The highest BCUT2D eigenvalue weighted by Gasteiger charge is 2.08. The SMILES string of the molecule is CCC(Cl)c1cnn(Cc2ccc(OC)c(Br)c2)c1. The molecule has 1 unspecified atom stereocenters. The molecule has 0 aliphatic heterocycles. The van der Waals surface area contributed by atoms with Gasteiger partial charge >= 0.3 is 0 Å². The number of nitrogens with zero attached hydrogens (tertiary/aromatic N) is 2. The Hall–Kier alpha value is -1.00. The first-order valence-electron chi connectivity index (χ1n) is 6.13. The Balaban J connectivity index is 2.12. The van der Waals surface area contributed by atoms with Gasteiger partial charge in [-0.15, -0.1) is 11.6 Å². The van der Waals surface area contributed by atoms with Gasteiger partial charge < -0.3 is 4.74 Å². The molecule has 2 rings (SSSR count). The molecule has 3 nitrogen and oxygen atoms in total. The molecule has 1 atom stereocenters. The third-order valence-corrected chi connectivity index (χ3v) is 4.11. The molecule has 0 bridgehead atoms. The Kier molecular flexibility index (Phi) is 4.88. The van der Waals surface area contributed by atoms with Crippen molar-refractivity contribution in [3.05, 3.63) is 46.2 Å². The van der Waals surface area contributed by atoms with E-state index in [1.165, 1.54) is 0 Å². The second-order valence-corrected chi connectivity index (χ2v) is 5.70. The molecule has 1 aromatic carbocycles. The van der Waals surface area contributed by atoms with Crippen LogP contribution in [0.15, 0.2) is 35.1 Å². The van der Waals surface area contributed by atoms with Crippen molar-refractivity contribution in [1.29, 1.82) is 0 Å². The van der Waals surface area contributed by atoms with Gasteiger partial charge in [-0.1, -0.05) is 13.0 Å². The van der Waals surface area contributed by atoms with Crippen molar-refractivity contribution in [1.82, 2.24) is 9.78 Å². The molecule has 1 aromatic heterocycles. The molecule has 0 amide bonds. The van der Waals surface area contributed by atoms with Crippen LogP contribution in [0.5, 0.6) is 5.75 Å². The van der Waals surface area contributed by atoms with Crippen LogP contribution in [-0.2, 0) is 6.54 Å². The summed E-state index contributed by atoms with van der Waals surface area (Å²) < 4.78 is 8.06. The topological polar surface area (TPSA) is 27.1 Å². The Bertz CT molecular complexity index is 556. The number of benzene rings is 1. The van der Waals surface area contributed by atoms with Crippen molar-refractivity contribution in [2.45, 2.75) is 25.3 Å². The fourth-order valence-electron chi connectivity index (χ4n) is 1.86. The van der Waals surface area contributed by atoms with Gasteiger partial charge in [-0.25, -0.2) is 0 Å². The molecule has 0 radical (unpaired) electrons. The second kappa shape index (κ2) is 6.44. The van der Waals surface area contributed by atoms with Crippen LogP contribution in [0.4, 0.5) is 0 Å². The summed E-state index contributed by atoms with van der Waals surface area (Å²) in [5.74, 6) is 0.830. The van der Waals surface area contributed by atoms with Gasteiger partial charge in [-0.05, 0) is 40.0 Å². The van der Waals surface area contributed by atoms with E-state index in [4.69, 9.17) is 16.3 Å². The van der Waals surface area contributed by atoms with Gasteiger partial charge in [0, 0.05) is 11.8 Å². The number of methoxy groups -OCH3 is 1. The van der Waals surface area contributed by atoms with E-state index in [2.05, 4.69) is 28.0 Å². The molecule has 1 heterocycles. The summed E-state index contributed by atoms with van der Waals surface area (Å²) in [7, 11) is 1.66. The standard InChI is InChI=1S/C14H16BrClN2O/c1-3-13(16)11-7-17-18(9-11)8-10-4-5-14(19-2)12(15)6-10/h4-7,9,13H,3,8H2,1-2H3. The van der Waals surface area contributed by atoms with Gasteiger partial charge in [-0.3, -0.25) is 4.68 Å². The van der Waals surface area contributed by atoms with E-state index in [-0.39, 0.29) is 5.38 Å². The molecule has 0 saturated heterocycles. The largest absolute Gasteiger partial charge is 0.496 e. The number of halogens is 2. The van der Waals surface area contributed by atoms with Crippen LogP contribution < -0.4 is 4.74 Å². The Morgan fingerprint density at radius 2 is 2.26 bits per heavy atom. The van der Waals surface area contributed by atoms with Crippen LogP contribution in [0.25, 0.3) is 0 Å². The van der Waals surface area contributed by atoms with E-state index in [1.54, 1.807) is 7.11 Å². The first-order chi connectivity index (χ1) is 9.13. The number of ether oxygens (including phenoxy) is 1. The fourth-order valence-corrected chi connectivity index (χ4v) is 2.56. The minimum Gasteiger partial charge on any atom is -0.496 e. The molecule has 102 valence electrons. The monoisotopic (exact) mass is 342 g/mol. The lowest BCUT2D eigenvalue weighted by molar-refractivity contribution is 0.412. The summed E-state index contributed by atoms with van der Waals surface area (Å²) >= 11 is 9.68. The van der Waals surface area contributed by atoms with E-state index in [9.17, 15) is 0 Å². The molecule has 19 heavy (non-hydrogen) atoms. The third kappa shape index (κ3) is 3.51. The average Bonchev–Trinajstić information content (AvgIpc) is 2.86. The van der Waals surface area contributed by atoms with Crippen molar-refractivity contribution in [2.24, 2.45) is 0 Å². The third-order valence-electron chi connectivity index (χ3n) is 2.93. The smallest absolute Gasteiger partial charge is 0.133 e. The lowest BCUT2D eigenvalue weighted by atomic mass is 10.2.